The number of benzene rings is 2. The summed E-state index contributed by atoms with van der Waals surface area (Å²) >= 11 is 1.47. The highest BCUT2D eigenvalue weighted by Crippen LogP contribution is 2.36. The lowest BCUT2D eigenvalue weighted by molar-refractivity contribution is -0.125. The van der Waals surface area contributed by atoms with Crippen LogP contribution in [-0.2, 0) is 11.3 Å². The van der Waals surface area contributed by atoms with Crippen molar-refractivity contribution in [1.82, 2.24) is 9.55 Å². The predicted molar refractivity (Wildman–Crippen MR) is 133 cm³/mol. The Bertz CT molecular complexity index is 1520. The van der Waals surface area contributed by atoms with Gasteiger partial charge in [-0.25, -0.2) is 4.98 Å². The number of anilines is 1. The molecule has 0 spiro atoms. The second-order valence-electron chi connectivity index (χ2n) is 8.52. The average molecular weight is 474 g/mol. The normalized spacial score (nSPS) is 15.4. The van der Waals surface area contributed by atoms with Gasteiger partial charge in [0.25, 0.3) is 11.5 Å². The summed E-state index contributed by atoms with van der Waals surface area (Å²) in [5.41, 5.74) is 3.63. The summed E-state index contributed by atoms with van der Waals surface area (Å²) in [6.45, 7) is 5.53. The highest BCUT2D eigenvalue weighted by molar-refractivity contribution is 7.19. The molecule has 0 bridgehead atoms. The Hall–Kier alpha value is -3.78. The summed E-state index contributed by atoms with van der Waals surface area (Å²) in [7, 11) is 1.66. The molecule has 172 valence electrons. The first kappa shape index (κ1) is 22.0. The molecule has 0 N–H and O–H groups in total. The Balaban J connectivity index is 1.51. The molecular formula is C26H23N3O4S. The number of hydrogen-bond donors (Lipinski definition) is 0. The molecule has 0 aliphatic carbocycles. The Morgan fingerprint density at radius 2 is 1.85 bits per heavy atom. The topological polar surface area (TPSA) is 81.5 Å². The number of Topliss-reactive ketones (excluding diaryl/α,β-unsaturated/α-hetero) is 1. The fraction of sp³-hybridized carbons (Fsp3) is 0.231. The summed E-state index contributed by atoms with van der Waals surface area (Å²) in [6.07, 6.45) is 0.850. The number of aryl methyl sites for hydroxylation is 2. The Morgan fingerprint density at radius 1 is 1.12 bits per heavy atom. The van der Waals surface area contributed by atoms with Gasteiger partial charge in [0.05, 0.1) is 23.9 Å². The number of likely N-dealkylation sites (N-methyl/N-ethyl adjacent to an activating group) is 1. The molecule has 5 rings (SSSR count). The number of fused-ring (bicyclic) bond motifs is 2. The van der Waals surface area contributed by atoms with Crippen molar-refractivity contribution >= 4 is 38.9 Å². The van der Waals surface area contributed by atoms with Crippen LogP contribution < -0.4 is 15.2 Å². The lowest BCUT2D eigenvalue weighted by Gasteiger charge is -2.30. The molecule has 1 unspecified atom stereocenters. The van der Waals surface area contributed by atoms with E-state index in [1.54, 1.807) is 32.2 Å². The highest BCUT2D eigenvalue weighted by Gasteiger charge is 2.29. The molecule has 1 aliphatic rings. The van der Waals surface area contributed by atoms with Crippen LogP contribution in [0.15, 0.2) is 53.6 Å². The van der Waals surface area contributed by atoms with Gasteiger partial charge in [0.15, 0.2) is 11.9 Å². The van der Waals surface area contributed by atoms with Crippen LogP contribution in [0.3, 0.4) is 0 Å². The van der Waals surface area contributed by atoms with Crippen LogP contribution in [-0.4, -0.2) is 34.4 Å². The van der Waals surface area contributed by atoms with E-state index in [1.165, 1.54) is 27.1 Å². The smallest absolute Gasteiger partial charge is 0.267 e. The van der Waals surface area contributed by atoms with Crippen molar-refractivity contribution in [2.45, 2.75) is 33.4 Å². The van der Waals surface area contributed by atoms with Crippen molar-refractivity contribution in [2.24, 2.45) is 0 Å². The van der Waals surface area contributed by atoms with E-state index in [-0.39, 0.29) is 23.8 Å². The molecule has 4 aromatic rings. The van der Waals surface area contributed by atoms with Crippen molar-refractivity contribution in [3.8, 4) is 16.9 Å². The Labute approximate surface area is 200 Å². The second kappa shape index (κ2) is 8.22. The first-order valence-electron chi connectivity index (χ1n) is 10.9. The Morgan fingerprint density at radius 3 is 2.59 bits per heavy atom. The van der Waals surface area contributed by atoms with E-state index in [9.17, 15) is 14.4 Å². The van der Waals surface area contributed by atoms with Crippen LogP contribution in [0.4, 0.5) is 5.69 Å². The molecule has 1 atom stereocenters. The zero-order valence-corrected chi connectivity index (χ0v) is 20.1. The fourth-order valence-corrected chi connectivity index (χ4v) is 5.25. The minimum atomic E-state index is -0.577. The molecule has 2 aromatic carbocycles. The summed E-state index contributed by atoms with van der Waals surface area (Å²) < 4.78 is 6.98. The quantitative estimate of drug-likeness (QED) is 0.411. The number of rotatable bonds is 4. The molecule has 2 aromatic heterocycles. The van der Waals surface area contributed by atoms with Crippen LogP contribution >= 0.6 is 11.3 Å². The number of hydrogen-bond acceptors (Lipinski definition) is 6. The van der Waals surface area contributed by atoms with Gasteiger partial charge >= 0.3 is 0 Å². The van der Waals surface area contributed by atoms with Crippen LogP contribution in [0.25, 0.3) is 21.3 Å². The van der Waals surface area contributed by atoms with E-state index in [4.69, 9.17) is 4.74 Å². The third-order valence-electron chi connectivity index (χ3n) is 6.13. The molecule has 0 saturated heterocycles. The van der Waals surface area contributed by atoms with Gasteiger partial charge < -0.3 is 9.64 Å². The van der Waals surface area contributed by atoms with Crippen molar-refractivity contribution in [3.05, 3.63) is 75.1 Å². The van der Waals surface area contributed by atoms with Gasteiger partial charge in [-0.1, -0.05) is 29.8 Å². The summed E-state index contributed by atoms with van der Waals surface area (Å²) in [6, 6.07) is 13.0. The largest absolute Gasteiger partial charge is 0.479 e. The molecule has 0 fully saturated rings. The summed E-state index contributed by atoms with van der Waals surface area (Å²) in [5, 5.41) is 0.528. The maximum atomic E-state index is 13.4. The fourth-order valence-electron chi connectivity index (χ4n) is 4.25. The van der Waals surface area contributed by atoms with E-state index in [2.05, 4.69) is 4.98 Å². The van der Waals surface area contributed by atoms with Gasteiger partial charge in [0, 0.05) is 23.1 Å². The maximum Gasteiger partial charge on any atom is 0.267 e. The molecule has 34 heavy (non-hydrogen) atoms. The molecule has 7 nitrogen and oxygen atoms in total. The second-order valence-corrected chi connectivity index (χ2v) is 9.72. The van der Waals surface area contributed by atoms with Gasteiger partial charge in [0.2, 0.25) is 0 Å². The number of carbonyl (C=O) groups excluding carboxylic acids is 2. The number of carbonyl (C=O) groups is 2. The van der Waals surface area contributed by atoms with Gasteiger partial charge in [-0.05, 0) is 44.5 Å². The van der Waals surface area contributed by atoms with E-state index in [1.807, 2.05) is 38.1 Å². The molecule has 1 aliphatic heterocycles. The van der Waals surface area contributed by atoms with Crippen LogP contribution in [0.1, 0.15) is 27.7 Å². The monoisotopic (exact) mass is 473 g/mol. The van der Waals surface area contributed by atoms with E-state index < -0.39 is 6.10 Å². The van der Waals surface area contributed by atoms with Crippen LogP contribution in [0, 0.1) is 13.8 Å². The predicted octanol–water partition coefficient (Wildman–Crippen LogP) is 4.37. The first-order chi connectivity index (χ1) is 16.2. The van der Waals surface area contributed by atoms with Crippen molar-refractivity contribution in [1.29, 1.82) is 0 Å². The molecule has 0 radical (unpaired) electrons. The van der Waals surface area contributed by atoms with E-state index in [0.717, 1.165) is 21.6 Å². The minimum absolute atomic E-state index is 0.155. The van der Waals surface area contributed by atoms with Crippen molar-refractivity contribution in [2.75, 3.05) is 11.9 Å². The van der Waals surface area contributed by atoms with Crippen LogP contribution in [0.2, 0.25) is 0 Å². The number of ketones is 1. The zero-order chi connectivity index (χ0) is 24.1. The van der Waals surface area contributed by atoms with Crippen molar-refractivity contribution < 1.29 is 14.3 Å². The number of aromatic nitrogens is 2. The van der Waals surface area contributed by atoms with E-state index in [0.29, 0.717) is 27.2 Å². The van der Waals surface area contributed by atoms with Gasteiger partial charge in [-0.15, -0.1) is 11.3 Å². The van der Waals surface area contributed by atoms with Gasteiger partial charge in [0.1, 0.15) is 10.6 Å². The van der Waals surface area contributed by atoms with Gasteiger partial charge in [-0.3, -0.25) is 19.0 Å². The van der Waals surface area contributed by atoms with Crippen molar-refractivity contribution in [3.63, 3.8) is 0 Å². The minimum Gasteiger partial charge on any atom is -0.479 e. The standard InChI is InChI=1S/C26H23N3O4S/c1-14-5-7-17(8-6-14)22-16(3)34-24-23(22)26(32)29(13-27-24)12-20(30)18-9-10-21-19(11-18)28(4)25(31)15(2)33-21/h5-11,13,15H,12H2,1-4H3. The maximum absolute atomic E-state index is 13.4. The lowest BCUT2D eigenvalue weighted by Crippen LogP contribution is -2.42. The average Bonchev–Trinajstić information content (AvgIpc) is 3.16. The molecule has 3 heterocycles. The number of thiophene rings is 1. The zero-order valence-electron chi connectivity index (χ0n) is 19.3. The van der Waals surface area contributed by atoms with Crippen LogP contribution in [0.5, 0.6) is 5.75 Å². The molecular weight excluding hydrogens is 450 g/mol. The summed E-state index contributed by atoms with van der Waals surface area (Å²) in [4.78, 5) is 46.4. The van der Waals surface area contributed by atoms with Gasteiger partial charge in [-0.2, -0.15) is 0 Å². The Kier molecular flexibility index (Phi) is 5.32. The lowest BCUT2D eigenvalue weighted by atomic mass is 10.0. The first-order valence-corrected chi connectivity index (χ1v) is 11.7. The summed E-state index contributed by atoms with van der Waals surface area (Å²) in [5.74, 6) is 0.108. The third kappa shape index (κ3) is 3.60. The van der Waals surface area contributed by atoms with E-state index >= 15 is 0 Å². The number of nitrogens with zero attached hydrogens (tertiary/aromatic N) is 3. The SMILES string of the molecule is Cc1ccc(-c2c(C)sc3ncn(CC(=O)c4ccc5c(c4)N(C)C(=O)C(C)O5)c(=O)c23)cc1. The number of amides is 1. The molecule has 1 amide bonds. The number of ether oxygens (including phenoxy) is 1. The third-order valence-corrected chi connectivity index (χ3v) is 7.15. The highest BCUT2D eigenvalue weighted by atomic mass is 32.1. The molecule has 0 saturated carbocycles. The molecule has 8 heteroatoms.